The Morgan fingerprint density at radius 3 is 2.58 bits per heavy atom. The van der Waals surface area contributed by atoms with Gasteiger partial charge < -0.3 is 30.0 Å². The van der Waals surface area contributed by atoms with Crippen LogP contribution in [0, 0.1) is 46.8 Å². The Bertz CT molecular complexity index is 1470. The molecule has 9 nitrogen and oxygen atoms in total. The Morgan fingerprint density at radius 2 is 1.85 bits per heavy atom. The number of hydrogen-bond donors (Lipinski definition) is 4. The lowest BCUT2D eigenvalue weighted by Crippen LogP contribution is -2.39. The number of fused-ring (bicyclic) bond motifs is 1. The molecule has 1 aromatic heterocycles. The standard InChI is InChI=1S/C39H55N3O6/c1-24-17-25(2)19-27(4)38(45)28(22-40)9-6-7-12-36(48-37(44)21-35(43)26(3)18-24)31-10-8-11-32(31)39(46)41-16-15-29-23-42-34-14-13-30(47-5)20-33(29)34/h6-7,9,13-14,20,23-27,31-32,35-36,38,42-43,45H,8,10-12,15-19,21H2,1-5H3,(H,41,46)/b7-6+,28-9-/t24-,25+,26-,27-,31+,32+,35-,36-,38+/m0/s1. The molecule has 0 unspecified atom stereocenters. The van der Waals surface area contributed by atoms with E-state index in [1.165, 1.54) is 0 Å². The summed E-state index contributed by atoms with van der Waals surface area (Å²) in [5.74, 6) is 0.268. The maximum absolute atomic E-state index is 13.6. The molecule has 9 heteroatoms. The third kappa shape index (κ3) is 9.96. The molecule has 2 heterocycles. The SMILES string of the molecule is COc1ccc2[nH]cc(CCNC(=O)[C@@H]3CCC[C@H]3[C@@H]3C/C=C/C=C(/C#N)[C@H](O)[C@@H](C)C[C@H](C)C[C@H](C)C[C@H](C)[C@@H](O)CC(=O)O3)c2c1. The van der Waals surface area contributed by atoms with Gasteiger partial charge in [0.05, 0.1) is 37.4 Å². The summed E-state index contributed by atoms with van der Waals surface area (Å²) in [6.45, 7) is 8.73. The second-order valence-electron chi connectivity index (χ2n) is 14.5. The van der Waals surface area contributed by atoms with E-state index in [0.29, 0.717) is 43.2 Å². The van der Waals surface area contributed by atoms with Crippen molar-refractivity contribution in [3.63, 3.8) is 0 Å². The van der Waals surface area contributed by atoms with E-state index in [2.05, 4.69) is 30.2 Å². The summed E-state index contributed by atoms with van der Waals surface area (Å²) < 4.78 is 11.4. The lowest BCUT2D eigenvalue weighted by Gasteiger charge is -2.29. The molecule has 1 amide bonds. The molecule has 0 bridgehead atoms. The zero-order chi connectivity index (χ0) is 34.8. The number of carbonyl (C=O) groups excluding carboxylic acids is 2. The van der Waals surface area contributed by atoms with Crippen molar-refractivity contribution < 1.29 is 29.3 Å². The zero-order valence-corrected chi connectivity index (χ0v) is 29.3. The number of aliphatic hydroxyl groups is 2. The number of allylic oxidation sites excluding steroid dienone is 2. The number of ether oxygens (including phenoxy) is 2. The van der Waals surface area contributed by atoms with Crippen LogP contribution in [0.15, 0.2) is 48.2 Å². The molecule has 262 valence electrons. The molecule has 2 aromatic rings. The molecule has 4 rings (SSSR count). The minimum Gasteiger partial charge on any atom is -0.497 e. The summed E-state index contributed by atoms with van der Waals surface area (Å²) >= 11 is 0. The number of aromatic amines is 1. The minimum absolute atomic E-state index is 0.0462. The first-order valence-corrected chi connectivity index (χ1v) is 17.7. The average molecular weight is 662 g/mol. The number of aromatic nitrogens is 1. The van der Waals surface area contributed by atoms with Crippen molar-refractivity contribution >= 4 is 22.8 Å². The van der Waals surface area contributed by atoms with Gasteiger partial charge in [0.1, 0.15) is 11.9 Å². The molecular weight excluding hydrogens is 606 g/mol. The lowest BCUT2D eigenvalue weighted by molar-refractivity contribution is -0.156. The van der Waals surface area contributed by atoms with Crippen molar-refractivity contribution in [1.29, 1.82) is 5.26 Å². The number of nitriles is 1. The van der Waals surface area contributed by atoms with E-state index in [9.17, 15) is 25.1 Å². The first-order valence-electron chi connectivity index (χ1n) is 17.7. The number of rotatable bonds is 6. The van der Waals surface area contributed by atoms with E-state index in [1.807, 2.05) is 44.3 Å². The molecular formula is C39H55N3O6. The van der Waals surface area contributed by atoms with Crippen LogP contribution in [0.4, 0.5) is 0 Å². The number of methoxy groups -OCH3 is 1. The summed E-state index contributed by atoms with van der Waals surface area (Å²) in [6, 6.07) is 8.05. The van der Waals surface area contributed by atoms with Gasteiger partial charge in [-0.3, -0.25) is 9.59 Å². The van der Waals surface area contributed by atoms with Crippen LogP contribution < -0.4 is 10.1 Å². The highest BCUT2D eigenvalue weighted by molar-refractivity contribution is 5.85. The van der Waals surface area contributed by atoms with E-state index in [0.717, 1.165) is 54.3 Å². The Hall–Kier alpha value is -3.61. The fourth-order valence-corrected chi connectivity index (χ4v) is 7.93. The summed E-state index contributed by atoms with van der Waals surface area (Å²) in [5.41, 5.74) is 2.41. The third-order valence-electron chi connectivity index (χ3n) is 10.5. The number of hydrogen-bond acceptors (Lipinski definition) is 7. The van der Waals surface area contributed by atoms with Crippen LogP contribution in [0.5, 0.6) is 5.75 Å². The molecule has 1 fully saturated rings. The van der Waals surface area contributed by atoms with E-state index in [1.54, 1.807) is 19.3 Å². The molecule has 1 aliphatic heterocycles. The number of carbonyl (C=O) groups is 2. The molecule has 48 heavy (non-hydrogen) atoms. The quantitative estimate of drug-likeness (QED) is 0.262. The van der Waals surface area contributed by atoms with Crippen LogP contribution in [-0.2, 0) is 20.7 Å². The number of aliphatic hydroxyl groups excluding tert-OH is 2. The van der Waals surface area contributed by atoms with E-state index in [4.69, 9.17) is 9.47 Å². The van der Waals surface area contributed by atoms with Gasteiger partial charge in [0, 0.05) is 41.9 Å². The van der Waals surface area contributed by atoms with Crippen molar-refractivity contribution in [1.82, 2.24) is 10.3 Å². The Kier molecular flexibility index (Phi) is 13.7. The number of amides is 1. The smallest absolute Gasteiger partial charge is 0.308 e. The maximum atomic E-state index is 13.6. The topological polar surface area (TPSA) is 145 Å². The molecule has 4 N–H and O–H groups in total. The van der Waals surface area contributed by atoms with Gasteiger partial charge in [0.25, 0.3) is 0 Å². The highest BCUT2D eigenvalue weighted by Gasteiger charge is 2.39. The monoisotopic (exact) mass is 661 g/mol. The number of cyclic esters (lactones) is 1. The Labute approximate surface area is 285 Å². The number of esters is 1. The Morgan fingerprint density at radius 1 is 1.10 bits per heavy atom. The fraction of sp³-hybridized carbons (Fsp3) is 0.615. The highest BCUT2D eigenvalue weighted by atomic mass is 16.5. The zero-order valence-electron chi connectivity index (χ0n) is 29.3. The largest absolute Gasteiger partial charge is 0.497 e. The summed E-state index contributed by atoms with van der Waals surface area (Å²) in [4.78, 5) is 30.1. The van der Waals surface area contributed by atoms with Crippen molar-refractivity contribution in [2.75, 3.05) is 13.7 Å². The molecule has 1 saturated carbocycles. The molecule has 0 spiro atoms. The van der Waals surface area contributed by atoms with Crippen molar-refractivity contribution in [2.45, 2.75) is 104 Å². The third-order valence-corrected chi connectivity index (χ3v) is 10.5. The van der Waals surface area contributed by atoms with Gasteiger partial charge in [-0.25, -0.2) is 0 Å². The minimum atomic E-state index is -0.875. The molecule has 0 radical (unpaired) electrons. The second-order valence-corrected chi connectivity index (χ2v) is 14.5. The number of benzene rings is 1. The number of nitrogens with zero attached hydrogens (tertiary/aromatic N) is 1. The van der Waals surface area contributed by atoms with Gasteiger partial charge in [-0.1, -0.05) is 46.3 Å². The summed E-state index contributed by atoms with van der Waals surface area (Å²) in [6.07, 6.45) is 10.6. The van der Waals surface area contributed by atoms with E-state index in [-0.39, 0.29) is 36.0 Å². The van der Waals surface area contributed by atoms with E-state index < -0.39 is 24.3 Å². The van der Waals surface area contributed by atoms with Crippen LogP contribution in [0.3, 0.4) is 0 Å². The van der Waals surface area contributed by atoms with E-state index >= 15 is 0 Å². The summed E-state index contributed by atoms with van der Waals surface area (Å²) in [7, 11) is 1.64. The lowest BCUT2D eigenvalue weighted by atomic mass is 9.82. The van der Waals surface area contributed by atoms with Crippen molar-refractivity contribution in [2.24, 2.45) is 35.5 Å². The van der Waals surface area contributed by atoms with Crippen LogP contribution in [0.2, 0.25) is 0 Å². The molecule has 0 saturated heterocycles. The van der Waals surface area contributed by atoms with Crippen LogP contribution >= 0.6 is 0 Å². The number of H-pyrrole nitrogens is 1. The van der Waals surface area contributed by atoms with Crippen LogP contribution in [0.25, 0.3) is 10.9 Å². The van der Waals surface area contributed by atoms with Crippen LogP contribution in [0.1, 0.15) is 84.6 Å². The van der Waals surface area contributed by atoms with Crippen molar-refractivity contribution in [3.05, 3.63) is 53.8 Å². The normalized spacial score (nSPS) is 33.0. The van der Waals surface area contributed by atoms with Gasteiger partial charge in [0.2, 0.25) is 5.91 Å². The first kappa shape index (κ1) is 37.2. The van der Waals surface area contributed by atoms with Gasteiger partial charge >= 0.3 is 5.97 Å². The first-order chi connectivity index (χ1) is 23.0. The number of nitrogens with one attached hydrogen (secondary N) is 2. The van der Waals surface area contributed by atoms with Crippen molar-refractivity contribution in [3.8, 4) is 11.8 Å². The second kappa shape index (κ2) is 17.7. The molecule has 2 aliphatic rings. The molecule has 1 aliphatic carbocycles. The molecule has 1 aromatic carbocycles. The Balaban J connectivity index is 1.48. The van der Waals surface area contributed by atoms with Gasteiger partial charge in [-0.05, 0) is 92.0 Å². The van der Waals surface area contributed by atoms with Gasteiger partial charge in [-0.15, -0.1) is 0 Å². The van der Waals surface area contributed by atoms with Gasteiger partial charge in [-0.2, -0.15) is 5.26 Å². The van der Waals surface area contributed by atoms with Crippen LogP contribution in [-0.4, -0.2) is 59.0 Å². The molecule has 9 atom stereocenters. The maximum Gasteiger partial charge on any atom is 0.308 e. The predicted octanol–water partition coefficient (Wildman–Crippen LogP) is 6.40. The van der Waals surface area contributed by atoms with Gasteiger partial charge in [0.15, 0.2) is 0 Å². The fourth-order valence-electron chi connectivity index (χ4n) is 7.93. The highest BCUT2D eigenvalue weighted by Crippen LogP contribution is 2.37. The average Bonchev–Trinajstić information content (AvgIpc) is 3.70. The summed E-state index contributed by atoms with van der Waals surface area (Å²) in [5, 5.41) is 35.9. The predicted molar refractivity (Wildman–Crippen MR) is 187 cm³/mol.